The Kier molecular flexibility index (Phi) is 3.13. The fourth-order valence-electron chi connectivity index (χ4n) is 2.16. The molecule has 0 radical (unpaired) electrons. The van der Waals surface area contributed by atoms with E-state index in [9.17, 15) is 15.0 Å². The third kappa shape index (κ3) is 1.88. The molecule has 0 aliphatic rings. The maximum Gasteiger partial charge on any atom is 0.339 e. The minimum absolute atomic E-state index is 0.0795. The predicted octanol–water partition coefficient (Wildman–Crippen LogP) is 2.21. The minimum Gasteiger partial charge on any atom is -0.508 e. The van der Waals surface area contributed by atoms with Gasteiger partial charge in [0, 0.05) is 29.0 Å². The largest absolute Gasteiger partial charge is 0.508 e. The molecule has 0 bridgehead atoms. The Labute approximate surface area is 104 Å². The maximum absolute atomic E-state index is 11.5. The van der Waals surface area contributed by atoms with Crippen molar-refractivity contribution in [3.8, 4) is 5.75 Å². The van der Waals surface area contributed by atoms with Crippen LogP contribution in [0.15, 0.2) is 21.3 Å². The molecule has 1 aromatic heterocycles. The normalized spacial score (nSPS) is 12.9. The second-order valence-corrected chi connectivity index (χ2v) is 4.67. The van der Waals surface area contributed by atoms with Crippen molar-refractivity contribution in [1.29, 1.82) is 0 Å². The SMILES string of the molecule is Cc1cc2c([C@H](C)CO)c(O)cc(C)c2oc1=O. The third-order valence-electron chi connectivity index (χ3n) is 3.17. The number of aromatic hydroxyl groups is 1. The first kappa shape index (κ1) is 12.6. The second-order valence-electron chi connectivity index (χ2n) is 4.67. The van der Waals surface area contributed by atoms with Crippen LogP contribution in [0.3, 0.4) is 0 Å². The molecule has 1 heterocycles. The van der Waals surface area contributed by atoms with Gasteiger partial charge in [0.1, 0.15) is 11.3 Å². The molecule has 0 aliphatic carbocycles. The van der Waals surface area contributed by atoms with Gasteiger partial charge in [0.2, 0.25) is 0 Å². The van der Waals surface area contributed by atoms with Gasteiger partial charge in [-0.3, -0.25) is 0 Å². The molecule has 4 nitrogen and oxygen atoms in total. The van der Waals surface area contributed by atoms with Gasteiger partial charge in [-0.2, -0.15) is 0 Å². The van der Waals surface area contributed by atoms with Crippen molar-refractivity contribution in [3.63, 3.8) is 0 Å². The lowest BCUT2D eigenvalue weighted by Crippen LogP contribution is -2.06. The molecular weight excluding hydrogens is 232 g/mol. The molecule has 0 unspecified atom stereocenters. The first-order valence-corrected chi connectivity index (χ1v) is 5.83. The van der Waals surface area contributed by atoms with Gasteiger partial charge in [-0.15, -0.1) is 0 Å². The topological polar surface area (TPSA) is 70.7 Å². The summed E-state index contributed by atoms with van der Waals surface area (Å²) in [6.07, 6.45) is 0. The van der Waals surface area contributed by atoms with Gasteiger partial charge < -0.3 is 14.6 Å². The highest BCUT2D eigenvalue weighted by molar-refractivity contribution is 5.86. The van der Waals surface area contributed by atoms with Gasteiger partial charge in [0.05, 0.1) is 0 Å². The van der Waals surface area contributed by atoms with Crippen LogP contribution in [0, 0.1) is 13.8 Å². The molecule has 0 saturated heterocycles. The lowest BCUT2D eigenvalue weighted by atomic mass is 9.94. The zero-order chi connectivity index (χ0) is 13.4. The molecule has 2 aromatic rings. The fraction of sp³-hybridized carbons (Fsp3) is 0.357. The van der Waals surface area contributed by atoms with Crippen molar-refractivity contribution in [2.45, 2.75) is 26.7 Å². The summed E-state index contributed by atoms with van der Waals surface area (Å²) >= 11 is 0. The molecule has 2 N–H and O–H groups in total. The van der Waals surface area contributed by atoms with Crippen molar-refractivity contribution in [1.82, 2.24) is 0 Å². The first-order valence-electron chi connectivity index (χ1n) is 5.83. The lowest BCUT2D eigenvalue weighted by Gasteiger charge is -2.15. The molecule has 0 saturated carbocycles. The number of hydrogen-bond donors (Lipinski definition) is 2. The number of phenols is 1. The van der Waals surface area contributed by atoms with Gasteiger partial charge >= 0.3 is 5.63 Å². The van der Waals surface area contributed by atoms with E-state index in [4.69, 9.17) is 4.42 Å². The number of phenolic OH excluding ortho intramolecular Hbond substituents is 1. The molecule has 0 fully saturated rings. The number of rotatable bonds is 2. The van der Waals surface area contributed by atoms with Crippen LogP contribution in [-0.2, 0) is 0 Å². The van der Waals surface area contributed by atoms with E-state index >= 15 is 0 Å². The summed E-state index contributed by atoms with van der Waals surface area (Å²) in [6, 6.07) is 3.26. The molecule has 4 heteroatoms. The van der Waals surface area contributed by atoms with E-state index < -0.39 is 0 Å². The van der Waals surface area contributed by atoms with E-state index in [2.05, 4.69) is 0 Å². The predicted molar refractivity (Wildman–Crippen MR) is 69.1 cm³/mol. The number of aliphatic hydroxyl groups is 1. The smallest absolute Gasteiger partial charge is 0.339 e. The Morgan fingerprint density at radius 1 is 1.28 bits per heavy atom. The van der Waals surface area contributed by atoms with Crippen LogP contribution in [0.2, 0.25) is 0 Å². The fourth-order valence-corrected chi connectivity index (χ4v) is 2.16. The van der Waals surface area contributed by atoms with Crippen LogP contribution in [-0.4, -0.2) is 16.8 Å². The summed E-state index contributed by atoms with van der Waals surface area (Å²) < 4.78 is 5.27. The summed E-state index contributed by atoms with van der Waals surface area (Å²) in [5, 5.41) is 20.0. The number of aryl methyl sites for hydroxylation is 2. The molecule has 96 valence electrons. The van der Waals surface area contributed by atoms with Crippen molar-refractivity contribution >= 4 is 11.0 Å². The maximum atomic E-state index is 11.5. The molecule has 18 heavy (non-hydrogen) atoms. The van der Waals surface area contributed by atoms with Crippen LogP contribution in [0.5, 0.6) is 5.75 Å². The molecule has 0 spiro atoms. The first-order chi connectivity index (χ1) is 8.45. The Balaban J connectivity index is 2.93. The van der Waals surface area contributed by atoms with E-state index in [-0.39, 0.29) is 23.9 Å². The monoisotopic (exact) mass is 248 g/mol. The van der Waals surface area contributed by atoms with Crippen LogP contribution < -0.4 is 5.63 Å². The average molecular weight is 248 g/mol. The average Bonchev–Trinajstić information content (AvgIpc) is 2.31. The van der Waals surface area contributed by atoms with Crippen LogP contribution in [0.25, 0.3) is 11.0 Å². The van der Waals surface area contributed by atoms with Gasteiger partial charge in [-0.1, -0.05) is 6.92 Å². The molecule has 1 aromatic carbocycles. The summed E-state index contributed by atoms with van der Waals surface area (Å²) in [5.74, 6) is -0.102. The Bertz CT molecular complexity index is 655. The van der Waals surface area contributed by atoms with E-state index in [1.165, 1.54) is 0 Å². The number of hydrogen-bond acceptors (Lipinski definition) is 4. The van der Waals surface area contributed by atoms with E-state index in [1.807, 2.05) is 6.92 Å². The van der Waals surface area contributed by atoms with Gasteiger partial charge in [0.15, 0.2) is 0 Å². The number of fused-ring (bicyclic) bond motifs is 1. The highest BCUT2D eigenvalue weighted by atomic mass is 16.4. The van der Waals surface area contributed by atoms with Crippen LogP contribution in [0.1, 0.15) is 29.5 Å². The Hall–Kier alpha value is -1.81. The highest BCUT2D eigenvalue weighted by Gasteiger charge is 2.17. The van der Waals surface area contributed by atoms with E-state index in [0.29, 0.717) is 27.7 Å². The zero-order valence-electron chi connectivity index (χ0n) is 10.7. The number of aliphatic hydroxyl groups excluding tert-OH is 1. The molecule has 1 atom stereocenters. The van der Waals surface area contributed by atoms with Crippen molar-refractivity contribution < 1.29 is 14.6 Å². The summed E-state index contributed by atoms with van der Waals surface area (Å²) in [6.45, 7) is 5.17. The lowest BCUT2D eigenvalue weighted by molar-refractivity contribution is 0.271. The quantitative estimate of drug-likeness (QED) is 0.799. The molecular formula is C14H16O4. The second kappa shape index (κ2) is 4.46. The van der Waals surface area contributed by atoms with Crippen molar-refractivity contribution in [3.05, 3.63) is 39.2 Å². The van der Waals surface area contributed by atoms with Crippen molar-refractivity contribution in [2.24, 2.45) is 0 Å². The van der Waals surface area contributed by atoms with E-state index in [0.717, 1.165) is 0 Å². The van der Waals surface area contributed by atoms with Crippen molar-refractivity contribution in [2.75, 3.05) is 6.61 Å². The van der Waals surface area contributed by atoms with Gasteiger partial charge in [0.25, 0.3) is 0 Å². The molecule has 0 amide bonds. The summed E-state index contributed by atoms with van der Waals surface area (Å²) in [7, 11) is 0. The zero-order valence-corrected chi connectivity index (χ0v) is 10.7. The minimum atomic E-state index is -0.376. The van der Waals surface area contributed by atoms with E-state index in [1.54, 1.807) is 26.0 Å². The number of benzene rings is 1. The third-order valence-corrected chi connectivity index (χ3v) is 3.17. The standard InChI is InChI=1S/C14H16O4/c1-7-5-11(16)12(9(3)6-15)10-4-8(2)14(17)18-13(7)10/h4-5,9,15-16H,6H2,1-3H3/t9-/m1/s1. The summed E-state index contributed by atoms with van der Waals surface area (Å²) in [4.78, 5) is 11.5. The van der Waals surface area contributed by atoms with Gasteiger partial charge in [-0.05, 0) is 31.5 Å². The van der Waals surface area contributed by atoms with Gasteiger partial charge in [-0.25, -0.2) is 4.79 Å². The molecule has 2 rings (SSSR count). The Morgan fingerprint density at radius 2 is 1.94 bits per heavy atom. The Morgan fingerprint density at radius 3 is 2.56 bits per heavy atom. The van der Waals surface area contributed by atoms with Crippen LogP contribution >= 0.6 is 0 Å². The van der Waals surface area contributed by atoms with Crippen LogP contribution in [0.4, 0.5) is 0 Å². The summed E-state index contributed by atoms with van der Waals surface area (Å²) in [5.41, 5.74) is 1.90. The molecule has 0 aliphatic heterocycles. The highest BCUT2D eigenvalue weighted by Crippen LogP contribution is 2.35.